The SMILES string of the molecule is CC[C@]1(C)CC(=O)N([C@@H]2CCc3ccc(C(=O)N[C@@H]4c5ccccc5OC(C)(C)[C@H]4O)cc32)C(=N)N1. The van der Waals surface area contributed by atoms with Crippen LogP contribution in [-0.2, 0) is 11.2 Å². The lowest BCUT2D eigenvalue weighted by atomic mass is 9.86. The summed E-state index contributed by atoms with van der Waals surface area (Å²) in [6.45, 7) is 7.57. The van der Waals surface area contributed by atoms with Crippen molar-refractivity contribution >= 4 is 17.8 Å². The van der Waals surface area contributed by atoms with Crippen molar-refractivity contribution in [3.8, 4) is 5.75 Å². The van der Waals surface area contributed by atoms with Gasteiger partial charge in [0.15, 0.2) is 5.96 Å². The number of aliphatic hydroxyl groups is 1. The molecule has 190 valence electrons. The first kappa shape index (κ1) is 24.3. The van der Waals surface area contributed by atoms with Crippen molar-refractivity contribution in [3.05, 3.63) is 64.7 Å². The molecule has 0 unspecified atom stereocenters. The molecule has 2 aromatic rings. The maximum absolute atomic E-state index is 13.4. The van der Waals surface area contributed by atoms with Gasteiger partial charge in [-0.15, -0.1) is 0 Å². The zero-order valence-corrected chi connectivity index (χ0v) is 21.2. The second kappa shape index (κ2) is 8.62. The van der Waals surface area contributed by atoms with Crippen molar-refractivity contribution in [2.24, 2.45) is 0 Å². The first-order valence-electron chi connectivity index (χ1n) is 12.6. The number of aryl methyl sites for hydroxylation is 1. The van der Waals surface area contributed by atoms with E-state index >= 15 is 0 Å². The van der Waals surface area contributed by atoms with E-state index in [2.05, 4.69) is 10.6 Å². The number of rotatable bonds is 4. The summed E-state index contributed by atoms with van der Waals surface area (Å²) in [6, 6.07) is 12.0. The summed E-state index contributed by atoms with van der Waals surface area (Å²) in [5.41, 5.74) is 1.88. The van der Waals surface area contributed by atoms with Crippen LogP contribution in [0.2, 0.25) is 0 Å². The topological polar surface area (TPSA) is 115 Å². The standard InChI is InChI=1S/C28H34N4O4/c1-5-28(4)15-22(33)32(26(29)31-28)20-13-12-16-10-11-17(14-19(16)20)25(35)30-23-18-8-6-7-9-21(18)36-27(2,3)24(23)34/h6-11,14,20,23-24,34H,5,12-13,15H2,1-4H3,(H2,29,31)(H,30,35)/t20-,23-,24+,28-/m1/s1. The van der Waals surface area contributed by atoms with Gasteiger partial charge in [0.05, 0.1) is 18.5 Å². The Morgan fingerprint density at radius 2 is 1.97 bits per heavy atom. The van der Waals surface area contributed by atoms with Gasteiger partial charge in [-0.1, -0.05) is 31.2 Å². The van der Waals surface area contributed by atoms with E-state index in [4.69, 9.17) is 10.1 Å². The van der Waals surface area contributed by atoms with Gasteiger partial charge in [-0.25, -0.2) is 0 Å². The molecule has 5 rings (SSSR count). The number of carbonyl (C=O) groups excluding carboxylic acids is 2. The highest BCUT2D eigenvalue weighted by atomic mass is 16.5. The van der Waals surface area contributed by atoms with Gasteiger partial charge in [0.25, 0.3) is 5.91 Å². The van der Waals surface area contributed by atoms with E-state index in [1.165, 1.54) is 0 Å². The number of aliphatic hydroxyl groups excluding tert-OH is 1. The summed E-state index contributed by atoms with van der Waals surface area (Å²) in [4.78, 5) is 28.1. The zero-order chi connectivity index (χ0) is 25.8. The van der Waals surface area contributed by atoms with Gasteiger partial charge in [0, 0.05) is 16.7 Å². The van der Waals surface area contributed by atoms with Gasteiger partial charge >= 0.3 is 0 Å². The lowest BCUT2D eigenvalue weighted by molar-refractivity contribution is -0.132. The first-order valence-corrected chi connectivity index (χ1v) is 12.6. The second-order valence-corrected chi connectivity index (χ2v) is 10.9. The summed E-state index contributed by atoms with van der Waals surface area (Å²) < 4.78 is 5.97. The lowest BCUT2D eigenvalue weighted by Gasteiger charge is -2.42. The summed E-state index contributed by atoms with van der Waals surface area (Å²) in [5, 5.41) is 25.8. The Hall–Kier alpha value is -3.39. The number of amides is 2. The van der Waals surface area contributed by atoms with Crippen molar-refractivity contribution < 1.29 is 19.4 Å². The molecule has 8 heteroatoms. The molecule has 3 aliphatic rings. The van der Waals surface area contributed by atoms with Crippen LogP contribution < -0.4 is 15.4 Å². The Labute approximate surface area is 211 Å². The maximum atomic E-state index is 13.4. The number of carbonyl (C=O) groups is 2. The number of hydrogen-bond acceptors (Lipinski definition) is 5. The number of nitrogens with one attached hydrogen (secondary N) is 3. The summed E-state index contributed by atoms with van der Waals surface area (Å²) in [5.74, 6) is 0.380. The van der Waals surface area contributed by atoms with Crippen molar-refractivity contribution in [3.63, 3.8) is 0 Å². The third-order valence-corrected chi connectivity index (χ3v) is 7.96. The molecular weight excluding hydrogens is 456 g/mol. The molecule has 8 nitrogen and oxygen atoms in total. The monoisotopic (exact) mass is 490 g/mol. The van der Waals surface area contributed by atoms with E-state index in [1.54, 1.807) is 24.8 Å². The number of guanidine groups is 1. The predicted octanol–water partition coefficient (Wildman–Crippen LogP) is 3.60. The number of fused-ring (bicyclic) bond motifs is 2. The van der Waals surface area contributed by atoms with Crippen LogP contribution in [0.15, 0.2) is 42.5 Å². The van der Waals surface area contributed by atoms with E-state index in [1.807, 2.05) is 50.2 Å². The molecule has 4 atom stereocenters. The number of benzene rings is 2. The molecule has 1 fully saturated rings. The van der Waals surface area contributed by atoms with E-state index < -0.39 is 23.3 Å². The quantitative estimate of drug-likeness (QED) is 0.523. The number of ether oxygens (including phenoxy) is 1. The first-order chi connectivity index (χ1) is 17.0. The molecule has 2 aliphatic heterocycles. The fourth-order valence-electron chi connectivity index (χ4n) is 5.59. The van der Waals surface area contributed by atoms with Crippen LogP contribution in [0.1, 0.15) is 86.1 Å². The van der Waals surface area contributed by atoms with Crippen LogP contribution in [-0.4, -0.2) is 45.0 Å². The smallest absolute Gasteiger partial charge is 0.251 e. The fourth-order valence-corrected chi connectivity index (χ4v) is 5.59. The van der Waals surface area contributed by atoms with Crippen molar-refractivity contribution in [2.45, 2.75) is 82.7 Å². The third-order valence-electron chi connectivity index (χ3n) is 7.96. The van der Waals surface area contributed by atoms with E-state index in [9.17, 15) is 14.7 Å². The van der Waals surface area contributed by atoms with Crippen molar-refractivity contribution in [1.29, 1.82) is 5.41 Å². The van der Waals surface area contributed by atoms with E-state index in [0.29, 0.717) is 24.2 Å². The minimum Gasteiger partial charge on any atom is -0.485 e. The van der Waals surface area contributed by atoms with Gasteiger partial charge in [-0.3, -0.25) is 19.9 Å². The molecule has 2 aromatic carbocycles. The summed E-state index contributed by atoms with van der Waals surface area (Å²) >= 11 is 0. The minimum absolute atomic E-state index is 0.0695. The Morgan fingerprint density at radius 3 is 2.69 bits per heavy atom. The average Bonchev–Trinajstić information content (AvgIpc) is 3.24. The molecule has 2 amide bonds. The predicted molar refractivity (Wildman–Crippen MR) is 136 cm³/mol. The maximum Gasteiger partial charge on any atom is 0.251 e. The van der Waals surface area contributed by atoms with Crippen LogP contribution >= 0.6 is 0 Å². The molecule has 4 N–H and O–H groups in total. The second-order valence-electron chi connectivity index (χ2n) is 10.9. The number of hydrogen-bond donors (Lipinski definition) is 4. The minimum atomic E-state index is -0.941. The van der Waals surface area contributed by atoms with Gasteiger partial charge in [-0.2, -0.15) is 0 Å². The average molecular weight is 491 g/mol. The summed E-state index contributed by atoms with van der Waals surface area (Å²) in [6.07, 6.45) is 1.63. The largest absolute Gasteiger partial charge is 0.485 e. The number of para-hydroxylation sites is 1. The molecule has 0 spiro atoms. The third kappa shape index (κ3) is 4.03. The Bertz CT molecular complexity index is 1220. The van der Waals surface area contributed by atoms with Crippen LogP contribution in [0.25, 0.3) is 0 Å². The lowest BCUT2D eigenvalue weighted by Crippen LogP contribution is -2.61. The molecular formula is C28H34N4O4. The van der Waals surface area contributed by atoms with Gasteiger partial charge < -0.3 is 20.5 Å². The Morgan fingerprint density at radius 1 is 1.22 bits per heavy atom. The Kier molecular flexibility index (Phi) is 5.82. The van der Waals surface area contributed by atoms with Crippen LogP contribution in [0.3, 0.4) is 0 Å². The molecule has 0 saturated carbocycles. The summed E-state index contributed by atoms with van der Waals surface area (Å²) in [7, 11) is 0. The van der Waals surface area contributed by atoms with Gasteiger partial charge in [-0.05, 0) is 69.4 Å². The highest BCUT2D eigenvalue weighted by molar-refractivity contribution is 6.00. The molecule has 0 radical (unpaired) electrons. The molecule has 0 bridgehead atoms. The number of nitrogens with zero attached hydrogens (tertiary/aromatic N) is 1. The molecule has 2 heterocycles. The van der Waals surface area contributed by atoms with Gasteiger partial charge in [0.1, 0.15) is 17.5 Å². The zero-order valence-electron chi connectivity index (χ0n) is 21.2. The molecule has 36 heavy (non-hydrogen) atoms. The fraction of sp³-hybridized carbons (Fsp3) is 0.464. The Balaban J connectivity index is 1.41. The molecule has 0 aromatic heterocycles. The van der Waals surface area contributed by atoms with Crippen LogP contribution in [0.4, 0.5) is 0 Å². The molecule has 1 aliphatic carbocycles. The highest BCUT2D eigenvalue weighted by Crippen LogP contribution is 2.41. The van der Waals surface area contributed by atoms with E-state index in [0.717, 1.165) is 29.5 Å². The van der Waals surface area contributed by atoms with Crippen molar-refractivity contribution in [1.82, 2.24) is 15.5 Å². The highest BCUT2D eigenvalue weighted by Gasteiger charge is 2.44. The van der Waals surface area contributed by atoms with Gasteiger partial charge in [0.2, 0.25) is 5.91 Å². The molecule has 1 saturated heterocycles. The van der Waals surface area contributed by atoms with E-state index in [-0.39, 0.29) is 23.8 Å². The van der Waals surface area contributed by atoms with Crippen LogP contribution in [0.5, 0.6) is 5.75 Å². The normalized spacial score (nSPS) is 28.6. The van der Waals surface area contributed by atoms with Crippen LogP contribution in [0, 0.1) is 5.41 Å². The van der Waals surface area contributed by atoms with Crippen molar-refractivity contribution in [2.75, 3.05) is 0 Å².